The zero-order valence-electron chi connectivity index (χ0n) is 10.6. The molecule has 0 saturated heterocycles. The van der Waals surface area contributed by atoms with E-state index in [0.717, 1.165) is 16.0 Å². The average Bonchev–Trinajstić information content (AvgIpc) is 2.37. The smallest absolute Gasteiger partial charge is 0.308 e. The van der Waals surface area contributed by atoms with Crippen molar-refractivity contribution in [3.8, 4) is 0 Å². The first kappa shape index (κ1) is 12.6. The molecule has 0 heterocycles. The van der Waals surface area contributed by atoms with Crippen molar-refractivity contribution in [3.05, 3.63) is 54.7 Å². The zero-order valence-corrected chi connectivity index (χ0v) is 11.6. The van der Waals surface area contributed by atoms with E-state index >= 15 is 0 Å². The fraction of sp³-hybridized carbons (Fsp3) is 0.133. The molecule has 2 aromatic carbocycles. The fourth-order valence-corrected chi connectivity index (χ4v) is 4.36. The molecule has 0 bridgehead atoms. The molecule has 1 atom stereocenters. The van der Waals surface area contributed by atoms with Crippen molar-refractivity contribution in [3.63, 3.8) is 0 Å². The van der Waals surface area contributed by atoms with Crippen molar-refractivity contribution >= 4 is 30.2 Å². The van der Waals surface area contributed by atoms with Gasteiger partial charge in [-0.25, -0.2) is 0 Å². The average molecular weight is 256 g/mol. The lowest BCUT2D eigenvalue weighted by molar-refractivity contribution is -0.132. The number of carbonyl (C=O) groups is 1. The number of hydrogen-bond acceptors (Lipinski definition) is 2. The predicted molar refractivity (Wildman–Crippen MR) is 77.2 cm³/mol. The van der Waals surface area contributed by atoms with Crippen molar-refractivity contribution in [1.82, 2.24) is 0 Å². The van der Waals surface area contributed by atoms with Gasteiger partial charge in [-0.3, -0.25) is 4.79 Å². The Kier molecular flexibility index (Phi) is 3.34. The van der Waals surface area contributed by atoms with E-state index in [-0.39, 0.29) is 5.97 Å². The van der Waals surface area contributed by atoms with Gasteiger partial charge in [0.15, 0.2) is 0 Å². The first-order valence-corrected chi connectivity index (χ1v) is 8.37. The monoisotopic (exact) mass is 256 g/mol. The standard InChI is InChI=1S/C15H16O2Si/c1-4-18(3,17-12(2)16)15-11-7-9-13-8-5-6-10-14(13)15/h4-11H,1H2,2-3H3. The van der Waals surface area contributed by atoms with Crippen LogP contribution in [0.25, 0.3) is 10.8 Å². The van der Waals surface area contributed by atoms with Gasteiger partial charge in [0, 0.05) is 6.92 Å². The van der Waals surface area contributed by atoms with Crippen LogP contribution >= 0.6 is 0 Å². The summed E-state index contributed by atoms with van der Waals surface area (Å²) in [7, 11) is -2.41. The maximum Gasteiger partial charge on any atom is 0.308 e. The van der Waals surface area contributed by atoms with Crippen LogP contribution in [0.3, 0.4) is 0 Å². The number of rotatable bonds is 3. The molecule has 3 heteroatoms. The summed E-state index contributed by atoms with van der Waals surface area (Å²) in [6.07, 6.45) is 0. The highest BCUT2D eigenvalue weighted by Crippen LogP contribution is 2.17. The quantitative estimate of drug-likeness (QED) is 0.789. The van der Waals surface area contributed by atoms with Gasteiger partial charge in [-0.15, -0.1) is 6.58 Å². The minimum Gasteiger partial charge on any atom is -0.511 e. The van der Waals surface area contributed by atoms with Crippen LogP contribution in [-0.4, -0.2) is 14.3 Å². The molecule has 0 aliphatic rings. The highest BCUT2D eigenvalue weighted by Gasteiger charge is 2.32. The Balaban J connectivity index is 2.65. The van der Waals surface area contributed by atoms with Crippen molar-refractivity contribution in [1.29, 1.82) is 0 Å². The second-order valence-electron chi connectivity index (χ2n) is 4.43. The third kappa shape index (κ3) is 2.22. The molecule has 0 N–H and O–H groups in total. The minimum atomic E-state index is -2.41. The molecule has 0 radical (unpaired) electrons. The third-order valence-electron chi connectivity index (χ3n) is 3.07. The zero-order chi connectivity index (χ0) is 13.2. The van der Waals surface area contributed by atoms with Crippen LogP contribution < -0.4 is 5.19 Å². The van der Waals surface area contributed by atoms with Gasteiger partial charge in [-0.1, -0.05) is 48.2 Å². The predicted octanol–water partition coefficient (Wildman–Crippen LogP) is 2.91. The fourth-order valence-electron chi connectivity index (χ4n) is 2.16. The minimum absolute atomic E-state index is 0.253. The van der Waals surface area contributed by atoms with E-state index in [1.54, 1.807) is 5.70 Å². The maximum atomic E-state index is 11.3. The summed E-state index contributed by atoms with van der Waals surface area (Å²) in [4.78, 5) is 11.3. The SMILES string of the molecule is C=C[Si](C)(OC(C)=O)c1cccc2ccccc12. The second-order valence-corrected chi connectivity index (χ2v) is 7.80. The summed E-state index contributed by atoms with van der Waals surface area (Å²) in [5.74, 6) is -0.253. The summed E-state index contributed by atoms with van der Waals surface area (Å²) < 4.78 is 5.56. The molecule has 2 aromatic rings. The molecule has 2 rings (SSSR count). The first-order chi connectivity index (χ1) is 8.57. The summed E-state index contributed by atoms with van der Waals surface area (Å²) in [6.45, 7) is 7.29. The van der Waals surface area contributed by atoms with E-state index in [1.165, 1.54) is 6.92 Å². The van der Waals surface area contributed by atoms with Crippen LogP contribution in [-0.2, 0) is 9.22 Å². The topological polar surface area (TPSA) is 26.3 Å². The highest BCUT2D eigenvalue weighted by molar-refractivity contribution is 6.92. The third-order valence-corrected chi connectivity index (χ3v) is 6.07. The Morgan fingerprint density at radius 3 is 2.56 bits per heavy atom. The summed E-state index contributed by atoms with van der Waals surface area (Å²) in [5.41, 5.74) is 1.80. The first-order valence-electron chi connectivity index (χ1n) is 5.88. The van der Waals surface area contributed by atoms with E-state index in [4.69, 9.17) is 4.43 Å². The molecule has 0 saturated carbocycles. The Labute approximate surface area is 108 Å². The Morgan fingerprint density at radius 1 is 1.22 bits per heavy atom. The largest absolute Gasteiger partial charge is 0.511 e. The van der Waals surface area contributed by atoms with Crippen molar-refractivity contribution in [2.24, 2.45) is 0 Å². The van der Waals surface area contributed by atoms with E-state index in [9.17, 15) is 4.79 Å². The molecule has 0 spiro atoms. The van der Waals surface area contributed by atoms with Gasteiger partial charge in [0.2, 0.25) is 0 Å². The van der Waals surface area contributed by atoms with Gasteiger partial charge in [0.05, 0.1) is 0 Å². The molecule has 92 valence electrons. The van der Waals surface area contributed by atoms with Gasteiger partial charge in [0.1, 0.15) is 0 Å². The van der Waals surface area contributed by atoms with E-state index in [1.807, 2.05) is 30.8 Å². The van der Waals surface area contributed by atoms with Gasteiger partial charge in [-0.2, -0.15) is 0 Å². The van der Waals surface area contributed by atoms with Crippen LogP contribution in [0.4, 0.5) is 0 Å². The number of fused-ring (bicyclic) bond motifs is 1. The molecule has 18 heavy (non-hydrogen) atoms. The van der Waals surface area contributed by atoms with Gasteiger partial charge in [0.25, 0.3) is 5.97 Å². The number of hydrogen-bond donors (Lipinski definition) is 0. The van der Waals surface area contributed by atoms with Crippen LogP contribution in [0.2, 0.25) is 6.55 Å². The molecular formula is C15H16O2Si. The second kappa shape index (κ2) is 4.78. The van der Waals surface area contributed by atoms with Crippen LogP contribution in [0, 0.1) is 0 Å². The van der Waals surface area contributed by atoms with Crippen LogP contribution in [0.5, 0.6) is 0 Å². The Bertz CT molecular complexity index is 601. The molecule has 0 aromatic heterocycles. The lowest BCUT2D eigenvalue weighted by Crippen LogP contribution is -2.47. The van der Waals surface area contributed by atoms with Crippen LogP contribution in [0.1, 0.15) is 6.92 Å². The number of carbonyl (C=O) groups excluding carboxylic acids is 1. The van der Waals surface area contributed by atoms with Crippen molar-refractivity contribution < 1.29 is 9.22 Å². The lowest BCUT2D eigenvalue weighted by Gasteiger charge is -2.24. The summed E-state index contributed by atoms with van der Waals surface area (Å²) in [5, 5.41) is 3.38. The molecule has 0 aliphatic carbocycles. The highest BCUT2D eigenvalue weighted by atomic mass is 28.4. The summed E-state index contributed by atoms with van der Waals surface area (Å²) in [6, 6.07) is 14.2. The maximum absolute atomic E-state index is 11.3. The molecule has 0 aliphatic heterocycles. The van der Waals surface area contributed by atoms with E-state index in [2.05, 4.69) is 24.8 Å². The van der Waals surface area contributed by atoms with Crippen molar-refractivity contribution in [2.75, 3.05) is 0 Å². The van der Waals surface area contributed by atoms with Crippen LogP contribution in [0.15, 0.2) is 54.7 Å². The molecular weight excluding hydrogens is 240 g/mol. The van der Waals surface area contributed by atoms with Gasteiger partial charge in [-0.05, 0) is 22.5 Å². The van der Waals surface area contributed by atoms with E-state index in [0.29, 0.717) is 0 Å². The van der Waals surface area contributed by atoms with E-state index < -0.39 is 8.32 Å². The molecule has 1 unspecified atom stereocenters. The van der Waals surface area contributed by atoms with Crippen molar-refractivity contribution in [2.45, 2.75) is 13.5 Å². The van der Waals surface area contributed by atoms with Gasteiger partial charge < -0.3 is 4.43 Å². The summed E-state index contributed by atoms with van der Waals surface area (Å²) >= 11 is 0. The molecule has 0 fully saturated rings. The Morgan fingerprint density at radius 2 is 1.89 bits per heavy atom. The normalized spacial score (nSPS) is 13.9. The Hall–Kier alpha value is -1.87. The molecule has 2 nitrogen and oxygen atoms in total. The molecule has 0 amide bonds. The lowest BCUT2D eigenvalue weighted by atomic mass is 10.1. The van der Waals surface area contributed by atoms with Gasteiger partial charge >= 0.3 is 8.32 Å². The number of benzene rings is 2.